The topological polar surface area (TPSA) is 117 Å². The van der Waals surface area contributed by atoms with Crippen molar-refractivity contribution >= 4 is 5.78 Å². The average Bonchev–Trinajstić information content (AvgIpc) is 2.97. The van der Waals surface area contributed by atoms with Crippen LogP contribution < -0.4 is 11.2 Å². The Morgan fingerprint density at radius 1 is 1.28 bits per heavy atom. The van der Waals surface area contributed by atoms with E-state index in [4.69, 9.17) is 15.4 Å². The molecular formula is C21H33N3O5. The quantitative estimate of drug-likeness (QED) is 0.395. The zero-order valence-corrected chi connectivity index (χ0v) is 17.4. The van der Waals surface area contributed by atoms with Crippen molar-refractivity contribution in [2.75, 3.05) is 13.2 Å². The zero-order chi connectivity index (χ0) is 20.8. The van der Waals surface area contributed by atoms with Gasteiger partial charge in [-0.1, -0.05) is 19.9 Å². The number of carbonyl (C=O) groups is 1. The minimum Gasteiger partial charge on any atom is -0.328 e. The first-order valence-corrected chi connectivity index (χ1v) is 10.9. The van der Waals surface area contributed by atoms with Crippen molar-refractivity contribution in [3.8, 4) is 0 Å². The molecule has 29 heavy (non-hydrogen) atoms. The molecule has 7 atom stereocenters. The number of Topliss-reactive ketones (excluding diaryl/α,β-unsaturated/α-hetero) is 1. The Morgan fingerprint density at radius 2 is 2.07 bits per heavy atom. The summed E-state index contributed by atoms with van der Waals surface area (Å²) in [6, 6.07) is 0. The van der Waals surface area contributed by atoms with E-state index in [1.807, 2.05) is 0 Å². The van der Waals surface area contributed by atoms with E-state index in [0.29, 0.717) is 49.5 Å². The number of hydrogen-bond donors (Lipinski definition) is 2. The van der Waals surface area contributed by atoms with Crippen LogP contribution in [-0.2, 0) is 14.5 Å². The molecule has 0 spiro atoms. The molecule has 4 aliphatic carbocycles. The van der Waals surface area contributed by atoms with Crippen molar-refractivity contribution in [1.29, 1.82) is 0 Å². The molecule has 4 unspecified atom stereocenters. The molecule has 0 saturated heterocycles. The van der Waals surface area contributed by atoms with Gasteiger partial charge in [-0.05, 0) is 61.7 Å². The third-order valence-corrected chi connectivity index (χ3v) is 8.62. The molecular weight excluding hydrogens is 374 g/mol. The molecule has 162 valence electrons. The van der Waals surface area contributed by atoms with Crippen molar-refractivity contribution in [1.82, 2.24) is 5.48 Å². The number of rotatable bonds is 6. The van der Waals surface area contributed by atoms with Crippen LogP contribution in [0.1, 0.15) is 58.8 Å². The Bertz CT molecular complexity index is 712. The lowest BCUT2D eigenvalue weighted by Crippen LogP contribution is -2.57. The lowest BCUT2D eigenvalue weighted by atomic mass is 9.45. The van der Waals surface area contributed by atoms with Crippen LogP contribution in [0.3, 0.4) is 0 Å². The van der Waals surface area contributed by atoms with Crippen LogP contribution in [0.5, 0.6) is 0 Å². The minimum absolute atomic E-state index is 0.0478. The van der Waals surface area contributed by atoms with E-state index in [2.05, 4.69) is 25.4 Å². The Balaban J connectivity index is 1.64. The van der Waals surface area contributed by atoms with Crippen LogP contribution in [0.25, 0.3) is 0 Å². The maximum Gasteiger partial charge on any atom is 0.294 e. The third-order valence-electron chi connectivity index (χ3n) is 8.62. The Labute approximate surface area is 171 Å². The van der Waals surface area contributed by atoms with Crippen LogP contribution in [0.2, 0.25) is 0 Å². The standard InChI is InChI=1S/C21H33N3O5/c1-20-7-5-13(23-28-10-9-22)11-17(20)18(29-24(26)27)12-14-15-3-4-19(25)21(15,2)8-6-16(14)20/h11,14-18,23H,3-10,12,22H2,1-2H3/t14?,15?,16?,17?,18-,20-,21+/m1/s1. The molecule has 0 bridgehead atoms. The maximum atomic E-state index is 12.6. The fourth-order valence-corrected chi connectivity index (χ4v) is 7.15. The van der Waals surface area contributed by atoms with Gasteiger partial charge in [-0.15, -0.1) is 10.1 Å². The number of ketones is 1. The van der Waals surface area contributed by atoms with E-state index in [-0.39, 0.29) is 16.7 Å². The predicted octanol–water partition coefficient (Wildman–Crippen LogP) is 2.76. The van der Waals surface area contributed by atoms with Crippen LogP contribution in [-0.4, -0.2) is 30.1 Å². The predicted molar refractivity (Wildman–Crippen MR) is 106 cm³/mol. The van der Waals surface area contributed by atoms with Gasteiger partial charge in [0.15, 0.2) is 0 Å². The second-order valence-electron chi connectivity index (χ2n) is 9.86. The molecule has 0 amide bonds. The fourth-order valence-electron chi connectivity index (χ4n) is 7.15. The van der Waals surface area contributed by atoms with Gasteiger partial charge < -0.3 is 10.6 Å². The number of hydrogen-bond acceptors (Lipinski definition) is 7. The van der Waals surface area contributed by atoms with Crippen molar-refractivity contribution in [2.24, 2.45) is 40.2 Å². The summed E-state index contributed by atoms with van der Waals surface area (Å²) in [4.78, 5) is 34.6. The van der Waals surface area contributed by atoms with Gasteiger partial charge in [-0.3, -0.25) is 15.1 Å². The van der Waals surface area contributed by atoms with Crippen molar-refractivity contribution < 1.29 is 19.6 Å². The van der Waals surface area contributed by atoms with E-state index < -0.39 is 11.2 Å². The zero-order valence-electron chi connectivity index (χ0n) is 17.4. The SMILES string of the molecule is C[C@]12CCC(NOCCN)=CC1[C@H](O[N+](=O)[O-])CC1C2CC[C@]2(C)C(=O)CCC12. The van der Waals surface area contributed by atoms with E-state index in [9.17, 15) is 14.9 Å². The van der Waals surface area contributed by atoms with Gasteiger partial charge >= 0.3 is 0 Å². The average molecular weight is 408 g/mol. The lowest BCUT2D eigenvalue weighted by molar-refractivity contribution is -0.772. The number of nitrogens with zero attached hydrogens (tertiary/aromatic N) is 1. The first-order chi connectivity index (χ1) is 13.8. The summed E-state index contributed by atoms with van der Waals surface area (Å²) in [5.74, 6) is 1.43. The summed E-state index contributed by atoms with van der Waals surface area (Å²) in [6.45, 7) is 5.24. The Kier molecular flexibility index (Phi) is 5.36. The highest BCUT2D eigenvalue weighted by molar-refractivity contribution is 5.87. The molecule has 8 heteroatoms. The largest absolute Gasteiger partial charge is 0.328 e. The number of hydroxylamine groups is 1. The highest BCUT2D eigenvalue weighted by Crippen LogP contribution is 2.65. The second kappa shape index (κ2) is 7.54. The first-order valence-electron chi connectivity index (χ1n) is 10.9. The third kappa shape index (κ3) is 3.34. The van der Waals surface area contributed by atoms with Gasteiger partial charge in [0.1, 0.15) is 11.9 Å². The molecule has 3 fully saturated rings. The number of carbonyl (C=O) groups excluding carboxylic acids is 1. The molecule has 0 aromatic rings. The van der Waals surface area contributed by atoms with Crippen LogP contribution in [0.15, 0.2) is 11.8 Å². The summed E-state index contributed by atoms with van der Waals surface area (Å²) in [7, 11) is 0. The molecule has 3 saturated carbocycles. The lowest BCUT2D eigenvalue weighted by Gasteiger charge is -2.60. The molecule has 8 nitrogen and oxygen atoms in total. The number of fused-ring (bicyclic) bond motifs is 5. The first kappa shape index (κ1) is 20.6. The molecule has 3 N–H and O–H groups in total. The van der Waals surface area contributed by atoms with Gasteiger partial charge in [0.2, 0.25) is 0 Å². The normalized spacial score (nSPS) is 43.6. The summed E-state index contributed by atoms with van der Waals surface area (Å²) in [6.07, 6.45) is 7.55. The highest BCUT2D eigenvalue weighted by Gasteiger charge is 2.62. The Morgan fingerprint density at radius 3 is 2.79 bits per heavy atom. The van der Waals surface area contributed by atoms with Gasteiger partial charge in [0, 0.05) is 30.0 Å². The van der Waals surface area contributed by atoms with E-state index in [0.717, 1.165) is 37.8 Å². The van der Waals surface area contributed by atoms with Gasteiger partial charge in [0.05, 0.1) is 6.61 Å². The van der Waals surface area contributed by atoms with Crippen LogP contribution in [0, 0.1) is 44.6 Å². The minimum atomic E-state index is -0.645. The van der Waals surface area contributed by atoms with Gasteiger partial charge in [-0.2, -0.15) is 0 Å². The van der Waals surface area contributed by atoms with Crippen molar-refractivity contribution in [3.05, 3.63) is 21.9 Å². The molecule has 0 aromatic heterocycles. The number of allylic oxidation sites excluding steroid dienone is 1. The highest BCUT2D eigenvalue weighted by atomic mass is 17.0. The monoisotopic (exact) mass is 407 g/mol. The summed E-state index contributed by atoms with van der Waals surface area (Å²) in [5.41, 5.74) is 9.08. The molecule has 4 rings (SSSR count). The summed E-state index contributed by atoms with van der Waals surface area (Å²) in [5, 5.41) is 10.7. The maximum absolute atomic E-state index is 12.6. The fraction of sp³-hybridized carbons (Fsp3) is 0.857. The Hall–Kier alpha value is -1.67. The van der Waals surface area contributed by atoms with Crippen LogP contribution >= 0.6 is 0 Å². The van der Waals surface area contributed by atoms with Crippen LogP contribution in [0.4, 0.5) is 0 Å². The molecule has 0 aromatic carbocycles. The molecule has 4 aliphatic rings. The second-order valence-corrected chi connectivity index (χ2v) is 9.86. The van der Waals surface area contributed by atoms with Gasteiger partial charge in [-0.25, -0.2) is 0 Å². The van der Waals surface area contributed by atoms with Gasteiger partial charge in [0.25, 0.3) is 5.09 Å². The van der Waals surface area contributed by atoms with Crippen molar-refractivity contribution in [3.63, 3.8) is 0 Å². The van der Waals surface area contributed by atoms with E-state index >= 15 is 0 Å². The number of nitrogens with one attached hydrogen (secondary N) is 1. The molecule has 0 aliphatic heterocycles. The van der Waals surface area contributed by atoms with E-state index in [1.165, 1.54) is 0 Å². The smallest absolute Gasteiger partial charge is 0.294 e. The number of nitrogens with two attached hydrogens (primary N) is 1. The van der Waals surface area contributed by atoms with E-state index in [1.54, 1.807) is 0 Å². The van der Waals surface area contributed by atoms with Crippen molar-refractivity contribution in [2.45, 2.75) is 64.9 Å². The molecule has 0 radical (unpaired) electrons. The summed E-state index contributed by atoms with van der Waals surface area (Å²) >= 11 is 0. The molecule has 0 heterocycles. The summed E-state index contributed by atoms with van der Waals surface area (Å²) < 4.78 is 0.